The van der Waals surface area contributed by atoms with Gasteiger partial charge in [-0.05, 0) is 13.0 Å². The summed E-state index contributed by atoms with van der Waals surface area (Å²) in [5, 5.41) is 6.56. The number of rotatable bonds is 6. The molecule has 0 fully saturated rings. The van der Waals surface area contributed by atoms with Gasteiger partial charge in [-0.1, -0.05) is 18.2 Å². The van der Waals surface area contributed by atoms with Crippen LogP contribution in [-0.2, 0) is 11.3 Å². The number of nitrogens with one attached hydrogen (secondary N) is 2. The van der Waals surface area contributed by atoms with E-state index in [0.717, 1.165) is 23.8 Å². The summed E-state index contributed by atoms with van der Waals surface area (Å²) in [6.45, 7) is 4.79. The fraction of sp³-hybridized carbons (Fsp3) is 0.500. The molecule has 104 valence electrons. The first kappa shape index (κ1) is 13.7. The number of methoxy groups -OCH3 is 1. The molecule has 19 heavy (non-hydrogen) atoms. The van der Waals surface area contributed by atoms with E-state index in [0.29, 0.717) is 25.8 Å². The van der Waals surface area contributed by atoms with Gasteiger partial charge < -0.3 is 20.1 Å². The molecule has 0 aliphatic carbocycles. The standard InChI is InChI=1S/C14H21N3O2/c1-11-9-15-14(17-11)16-10-12-5-3-4-6-13(12)19-8-7-18-2/h3-6,11H,7-10H2,1-2H3,(H2,15,16,17). The van der Waals surface area contributed by atoms with E-state index in [1.165, 1.54) is 0 Å². The molecule has 5 nitrogen and oxygen atoms in total. The van der Waals surface area contributed by atoms with Gasteiger partial charge in [-0.2, -0.15) is 0 Å². The molecule has 1 heterocycles. The highest BCUT2D eigenvalue weighted by Gasteiger charge is 2.12. The molecule has 0 amide bonds. The summed E-state index contributed by atoms with van der Waals surface area (Å²) in [6.07, 6.45) is 0. The first-order chi connectivity index (χ1) is 9.29. The average molecular weight is 263 g/mol. The van der Waals surface area contributed by atoms with Gasteiger partial charge in [0, 0.05) is 25.3 Å². The van der Waals surface area contributed by atoms with E-state index < -0.39 is 0 Å². The van der Waals surface area contributed by atoms with E-state index >= 15 is 0 Å². The number of benzene rings is 1. The first-order valence-electron chi connectivity index (χ1n) is 6.54. The van der Waals surface area contributed by atoms with Crippen molar-refractivity contribution in [3.05, 3.63) is 29.8 Å². The highest BCUT2D eigenvalue weighted by atomic mass is 16.5. The maximum Gasteiger partial charge on any atom is 0.191 e. The smallest absolute Gasteiger partial charge is 0.191 e. The van der Waals surface area contributed by atoms with Crippen molar-refractivity contribution in [3.8, 4) is 5.75 Å². The second kappa shape index (κ2) is 6.99. The van der Waals surface area contributed by atoms with Crippen LogP contribution in [0, 0.1) is 0 Å². The van der Waals surface area contributed by atoms with Crippen LogP contribution >= 0.6 is 0 Å². The molecule has 0 spiro atoms. The number of aliphatic imine (C=N–C) groups is 1. The second-order valence-electron chi connectivity index (χ2n) is 4.54. The van der Waals surface area contributed by atoms with Crippen LogP contribution in [0.1, 0.15) is 12.5 Å². The molecule has 0 saturated carbocycles. The predicted molar refractivity (Wildman–Crippen MR) is 75.6 cm³/mol. The molecule has 1 aromatic rings. The topological polar surface area (TPSA) is 54.9 Å². The SMILES string of the molecule is COCCOc1ccccc1CNC1=NCC(C)N1. The van der Waals surface area contributed by atoms with Crippen molar-refractivity contribution in [3.63, 3.8) is 0 Å². The first-order valence-corrected chi connectivity index (χ1v) is 6.54. The van der Waals surface area contributed by atoms with Crippen molar-refractivity contribution in [1.82, 2.24) is 10.6 Å². The van der Waals surface area contributed by atoms with Gasteiger partial charge >= 0.3 is 0 Å². The Morgan fingerprint density at radius 3 is 2.95 bits per heavy atom. The van der Waals surface area contributed by atoms with Crippen LogP contribution in [0.25, 0.3) is 0 Å². The summed E-state index contributed by atoms with van der Waals surface area (Å²) in [5.41, 5.74) is 1.11. The van der Waals surface area contributed by atoms with Gasteiger partial charge in [-0.3, -0.25) is 4.99 Å². The summed E-state index contributed by atoms with van der Waals surface area (Å²) in [6, 6.07) is 8.41. The van der Waals surface area contributed by atoms with E-state index in [1.807, 2.05) is 24.3 Å². The maximum atomic E-state index is 5.69. The van der Waals surface area contributed by atoms with E-state index in [4.69, 9.17) is 9.47 Å². The summed E-state index contributed by atoms with van der Waals surface area (Å²) in [4.78, 5) is 4.37. The average Bonchev–Trinajstić information content (AvgIpc) is 2.84. The molecular formula is C14H21N3O2. The summed E-state index contributed by atoms with van der Waals surface area (Å²) in [7, 11) is 1.67. The number of hydrogen-bond acceptors (Lipinski definition) is 5. The van der Waals surface area contributed by atoms with Crippen LogP contribution in [0.2, 0.25) is 0 Å². The lowest BCUT2D eigenvalue weighted by molar-refractivity contribution is 0.145. The molecule has 1 atom stereocenters. The van der Waals surface area contributed by atoms with Gasteiger partial charge in [0.05, 0.1) is 13.2 Å². The highest BCUT2D eigenvalue weighted by molar-refractivity contribution is 5.81. The van der Waals surface area contributed by atoms with Crippen molar-refractivity contribution < 1.29 is 9.47 Å². The lowest BCUT2D eigenvalue weighted by atomic mass is 10.2. The zero-order valence-electron chi connectivity index (χ0n) is 11.5. The Kier molecular flexibility index (Phi) is 5.03. The van der Waals surface area contributed by atoms with Crippen LogP contribution < -0.4 is 15.4 Å². The Morgan fingerprint density at radius 2 is 2.21 bits per heavy atom. The van der Waals surface area contributed by atoms with Crippen molar-refractivity contribution in [2.75, 3.05) is 26.9 Å². The van der Waals surface area contributed by atoms with Crippen molar-refractivity contribution in [1.29, 1.82) is 0 Å². The molecule has 1 unspecified atom stereocenters. The van der Waals surface area contributed by atoms with E-state index in [2.05, 4.69) is 22.5 Å². The van der Waals surface area contributed by atoms with Crippen molar-refractivity contribution >= 4 is 5.96 Å². The Bertz CT molecular complexity index is 434. The van der Waals surface area contributed by atoms with Crippen LogP contribution in [-0.4, -0.2) is 38.9 Å². The Labute approximate surface area is 114 Å². The van der Waals surface area contributed by atoms with Gasteiger partial charge in [0.2, 0.25) is 0 Å². The quantitative estimate of drug-likeness (QED) is 0.756. The van der Waals surface area contributed by atoms with E-state index in [9.17, 15) is 0 Å². The largest absolute Gasteiger partial charge is 0.491 e. The minimum atomic E-state index is 0.413. The zero-order chi connectivity index (χ0) is 13.5. The fourth-order valence-electron chi connectivity index (χ4n) is 1.86. The van der Waals surface area contributed by atoms with Gasteiger partial charge in [-0.25, -0.2) is 0 Å². The van der Waals surface area contributed by atoms with Crippen LogP contribution in [0.15, 0.2) is 29.3 Å². The van der Waals surface area contributed by atoms with Gasteiger partial charge in [0.25, 0.3) is 0 Å². The molecule has 0 radical (unpaired) electrons. The Morgan fingerprint density at radius 1 is 1.37 bits per heavy atom. The third-order valence-corrected chi connectivity index (χ3v) is 2.87. The molecule has 2 N–H and O–H groups in total. The van der Waals surface area contributed by atoms with Crippen molar-refractivity contribution in [2.45, 2.75) is 19.5 Å². The summed E-state index contributed by atoms with van der Waals surface area (Å²) in [5.74, 6) is 1.75. The normalized spacial score (nSPS) is 17.8. The molecule has 1 aliphatic heterocycles. The molecular weight excluding hydrogens is 242 g/mol. The number of guanidine groups is 1. The summed E-state index contributed by atoms with van der Waals surface area (Å²) < 4.78 is 10.7. The molecule has 0 saturated heterocycles. The molecule has 0 aromatic heterocycles. The number of ether oxygens (including phenoxy) is 2. The van der Waals surface area contributed by atoms with Crippen LogP contribution in [0.4, 0.5) is 0 Å². The molecule has 0 bridgehead atoms. The molecule has 2 rings (SSSR count). The number of nitrogens with zero attached hydrogens (tertiary/aromatic N) is 1. The lowest BCUT2D eigenvalue weighted by Crippen LogP contribution is -2.37. The highest BCUT2D eigenvalue weighted by Crippen LogP contribution is 2.17. The number of para-hydroxylation sites is 1. The molecule has 1 aliphatic rings. The molecule has 5 heteroatoms. The third-order valence-electron chi connectivity index (χ3n) is 2.87. The summed E-state index contributed by atoms with van der Waals surface area (Å²) >= 11 is 0. The Balaban J connectivity index is 1.88. The monoisotopic (exact) mass is 263 g/mol. The lowest BCUT2D eigenvalue weighted by Gasteiger charge is -2.13. The second-order valence-corrected chi connectivity index (χ2v) is 4.54. The maximum absolute atomic E-state index is 5.69. The van der Waals surface area contributed by atoms with Crippen molar-refractivity contribution in [2.24, 2.45) is 4.99 Å². The van der Waals surface area contributed by atoms with Gasteiger partial charge in [-0.15, -0.1) is 0 Å². The predicted octanol–water partition coefficient (Wildman–Crippen LogP) is 1.15. The fourth-order valence-corrected chi connectivity index (χ4v) is 1.86. The van der Waals surface area contributed by atoms with Gasteiger partial charge in [0.15, 0.2) is 5.96 Å². The van der Waals surface area contributed by atoms with Crippen LogP contribution in [0.5, 0.6) is 5.75 Å². The van der Waals surface area contributed by atoms with E-state index in [-0.39, 0.29) is 0 Å². The Hall–Kier alpha value is -1.75. The van der Waals surface area contributed by atoms with Gasteiger partial charge in [0.1, 0.15) is 12.4 Å². The number of hydrogen-bond donors (Lipinski definition) is 2. The minimum absolute atomic E-state index is 0.413. The third kappa shape index (κ3) is 4.13. The molecule has 1 aromatic carbocycles. The minimum Gasteiger partial charge on any atom is -0.491 e. The zero-order valence-corrected chi connectivity index (χ0v) is 11.5. The van der Waals surface area contributed by atoms with E-state index in [1.54, 1.807) is 7.11 Å². The van der Waals surface area contributed by atoms with Crippen LogP contribution in [0.3, 0.4) is 0 Å².